The highest BCUT2D eigenvalue weighted by atomic mass is 16.2. The summed E-state index contributed by atoms with van der Waals surface area (Å²) in [6.45, 7) is 9.61. The van der Waals surface area contributed by atoms with E-state index in [0.717, 1.165) is 65.1 Å². The molecule has 0 aromatic carbocycles. The Bertz CT molecular complexity index is 248. The molecule has 0 aromatic heterocycles. The highest BCUT2D eigenvalue weighted by molar-refractivity contribution is 5.77. The smallest absolute Gasteiger partial charge is 0.234 e. The molecule has 19 heavy (non-hydrogen) atoms. The van der Waals surface area contributed by atoms with E-state index >= 15 is 0 Å². The number of rotatable bonds is 8. The van der Waals surface area contributed by atoms with Crippen molar-refractivity contribution in [2.75, 3.05) is 52.4 Å². The zero-order valence-corrected chi connectivity index (χ0v) is 12.4. The minimum Gasteiger partial charge on any atom is -0.355 e. The molecule has 1 rings (SSSR count). The topological polar surface area (TPSA) is 61.6 Å². The maximum Gasteiger partial charge on any atom is 0.234 e. The van der Waals surface area contributed by atoms with Gasteiger partial charge >= 0.3 is 0 Å². The molecular formula is C14H30N4O. The second-order valence-electron chi connectivity index (χ2n) is 5.32. The Morgan fingerprint density at radius 1 is 1.16 bits per heavy atom. The van der Waals surface area contributed by atoms with Crippen molar-refractivity contribution in [3.63, 3.8) is 0 Å². The number of hydrogen-bond donors (Lipinski definition) is 2. The van der Waals surface area contributed by atoms with Crippen molar-refractivity contribution in [1.82, 2.24) is 15.1 Å². The molecule has 0 aromatic rings. The molecular weight excluding hydrogens is 240 g/mol. The number of carbonyl (C=O) groups is 1. The third kappa shape index (κ3) is 7.50. The van der Waals surface area contributed by atoms with Gasteiger partial charge in [0.2, 0.25) is 5.91 Å². The molecule has 0 radical (unpaired) electrons. The number of amides is 1. The number of unbranched alkanes of at least 4 members (excludes halogenated alkanes) is 1. The van der Waals surface area contributed by atoms with E-state index in [9.17, 15) is 4.79 Å². The van der Waals surface area contributed by atoms with Crippen LogP contribution in [0.2, 0.25) is 0 Å². The monoisotopic (exact) mass is 270 g/mol. The Morgan fingerprint density at radius 2 is 1.89 bits per heavy atom. The van der Waals surface area contributed by atoms with E-state index in [-0.39, 0.29) is 5.91 Å². The molecule has 0 unspecified atom stereocenters. The predicted molar refractivity (Wildman–Crippen MR) is 79.1 cm³/mol. The first-order valence-corrected chi connectivity index (χ1v) is 7.67. The van der Waals surface area contributed by atoms with Crippen LogP contribution in [0.1, 0.15) is 32.6 Å². The van der Waals surface area contributed by atoms with Crippen LogP contribution in [0.25, 0.3) is 0 Å². The fraction of sp³-hybridized carbons (Fsp3) is 0.929. The van der Waals surface area contributed by atoms with Gasteiger partial charge in [-0.1, -0.05) is 6.92 Å². The molecule has 5 heteroatoms. The third-order valence-electron chi connectivity index (χ3n) is 3.55. The van der Waals surface area contributed by atoms with Crippen molar-refractivity contribution in [2.24, 2.45) is 5.73 Å². The van der Waals surface area contributed by atoms with E-state index in [1.54, 1.807) is 0 Å². The summed E-state index contributed by atoms with van der Waals surface area (Å²) in [6, 6.07) is 0. The van der Waals surface area contributed by atoms with Crippen molar-refractivity contribution in [1.29, 1.82) is 0 Å². The Hall–Kier alpha value is -0.650. The van der Waals surface area contributed by atoms with E-state index in [1.807, 2.05) is 0 Å². The first-order chi connectivity index (χ1) is 9.26. The van der Waals surface area contributed by atoms with Gasteiger partial charge in [-0.3, -0.25) is 9.69 Å². The molecule has 5 nitrogen and oxygen atoms in total. The summed E-state index contributed by atoms with van der Waals surface area (Å²) in [4.78, 5) is 16.5. The molecule has 1 aliphatic rings. The maximum atomic E-state index is 11.7. The van der Waals surface area contributed by atoms with Gasteiger partial charge in [0.05, 0.1) is 6.54 Å². The van der Waals surface area contributed by atoms with Crippen LogP contribution in [0.5, 0.6) is 0 Å². The molecule has 1 fully saturated rings. The normalized spacial score (nSPS) is 18.2. The summed E-state index contributed by atoms with van der Waals surface area (Å²) < 4.78 is 0. The fourth-order valence-corrected chi connectivity index (χ4v) is 2.41. The van der Waals surface area contributed by atoms with Crippen LogP contribution in [-0.2, 0) is 4.79 Å². The zero-order chi connectivity index (χ0) is 13.9. The molecule has 0 spiro atoms. The quantitative estimate of drug-likeness (QED) is 0.621. The summed E-state index contributed by atoms with van der Waals surface area (Å²) in [6.07, 6.45) is 4.46. The maximum absolute atomic E-state index is 11.7. The Balaban J connectivity index is 2.19. The molecule has 1 aliphatic heterocycles. The van der Waals surface area contributed by atoms with Crippen molar-refractivity contribution in [3.05, 3.63) is 0 Å². The molecule has 3 N–H and O–H groups in total. The van der Waals surface area contributed by atoms with Crippen molar-refractivity contribution < 1.29 is 4.79 Å². The van der Waals surface area contributed by atoms with Crippen LogP contribution in [0.3, 0.4) is 0 Å². The summed E-state index contributed by atoms with van der Waals surface area (Å²) in [5, 5.41) is 2.95. The molecule has 0 saturated carbocycles. The van der Waals surface area contributed by atoms with Crippen molar-refractivity contribution in [2.45, 2.75) is 32.6 Å². The molecule has 112 valence electrons. The Morgan fingerprint density at radius 3 is 2.63 bits per heavy atom. The molecule has 1 amide bonds. The molecule has 0 bridgehead atoms. The second-order valence-corrected chi connectivity index (χ2v) is 5.32. The van der Waals surface area contributed by atoms with Gasteiger partial charge in [-0.25, -0.2) is 0 Å². The van der Waals surface area contributed by atoms with Crippen LogP contribution in [0.4, 0.5) is 0 Å². The van der Waals surface area contributed by atoms with Crippen molar-refractivity contribution in [3.8, 4) is 0 Å². The first kappa shape index (κ1) is 16.4. The van der Waals surface area contributed by atoms with E-state index in [2.05, 4.69) is 22.0 Å². The minimum atomic E-state index is 0.165. The van der Waals surface area contributed by atoms with Crippen LogP contribution < -0.4 is 11.1 Å². The average molecular weight is 270 g/mol. The van der Waals surface area contributed by atoms with Gasteiger partial charge in [0, 0.05) is 19.6 Å². The van der Waals surface area contributed by atoms with Gasteiger partial charge in [-0.15, -0.1) is 0 Å². The van der Waals surface area contributed by atoms with E-state index < -0.39 is 0 Å². The number of hydrogen-bond acceptors (Lipinski definition) is 4. The number of nitrogens with one attached hydrogen (secondary N) is 1. The lowest BCUT2D eigenvalue weighted by atomic mass is 10.3. The number of nitrogens with zero attached hydrogens (tertiary/aromatic N) is 2. The highest BCUT2D eigenvalue weighted by Crippen LogP contribution is 2.04. The van der Waals surface area contributed by atoms with Gasteiger partial charge in [-0.2, -0.15) is 0 Å². The lowest BCUT2D eigenvalue weighted by molar-refractivity contribution is -0.122. The van der Waals surface area contributed by atoms with Gasteiger partial charge in [0.25, 0.3) is 0 Å². The second kappa shape index (κ2) is 10.2. The van der Waals surface area contributed by atoms with Crippen LogP contribution in [0.15, 0.2) is 0 Å². The van der Waals surface area contributed by atoms with Crippen LogP contribution in [0, 0.1) is 0 Å². The fourth-order valence-electron chi connectivity index (χ4n) is 2.41. The van der Waals surface area contributed by atoms with E-state index in [4.69, 9.17) is 5.73 Å². The molecule has 1 heterocycles. The SMILES string of the molecule is CCCNC(=O)CN1CCCN(CCCCN)CC1. The van der Waals surface area contributed by atoms with Gasteiger partial charge in [-0.05, 0) is 51.9 Å². The molecule has 1 saturated heterocycles. The average Bonchev–Trinajstić information content (AvgIpc) is 2.62. The van der Waals surface area contributed by atoms with Crippen molar-refractivity contribution >= 4 is 5.91 Å². The predicted octanol–water partition coefficient (Wildman–Crippen LogP) is 0.259. The standard InChI is InChI=1S/C14H30N4O/c1-2-7-16-14(19)13-18-10-5-9-17(11-12-18)8-4-3-6-15/h2-13,15H2,1H3,(H,16,19). The summed E-state index contributed by atoms with van der Waals surface area (Å²) in [5.41, 5.74) is 5.52. The summed E-state index contributed by atoms with van der Waals surface area (Å²) in [7, 11) is 0. The lowest BCUT2D eigenvalue weighted by Crippen LogP contribution is -2.39. The zero-order valence-electron chi connectivity index (χ0n) is 12.4. The first-order valence-electron chi connectivity index (χ1n) is 7.67. The highest BCUT2D eigenvalue weighted by Gasteiger charge is 2.16. The van der Waals surface area contributed by atoms with Crippen LogP contribution in [-0.4, -0.2) is 68.1 Å². The van der Waals surface area contributed by atoms with Gasteiger partial charge < -0.3 is 16.0 Å². The number of nitrogens with two attached hydrogens (primary N) is 1. The number of carbonyl (C=O) groups excluding carboxylic acids is 1. The van der Waals surface area contributed by atoms with Gasteiger partial charge in [0.1, 0.15) is 0 Å². The summed E-state index contributed by atoms with van der Waals surface area (Å²) in [5.74, 6) is 0.165. The van der Waals surface area contributed by atoms with E-state index in [1.165, 1.54) is 6.42 Å². The van der Waals surface area contributed by atoms with E-state index in [0.29, 0.717) is 6.54 Å². The Kier molecular flexibility index (Phi) is 8.79. The van der Waals surface area contributed by atoms with Crippen LogP contribution >= 0.6 is 0 Å². The van der Waals surface area contributed by atoms with Gasteiger partial charge in [0.15, 0.2) is 0 Å². The largest absolute Gasteiger partial charge is 0.355 e. The third-order valence-corrected chi connectivity index (χ3v) is 3.55. The Labute approximate surface area is 117 Å². The molecule has 0 aliphatic carbocycles. The molecule has 0 atom stereocenters. The summed E-state index contributed by atoms with van der Waals surface area (Å²) >= 11 is 0. The lowest BCUT2D eigenvalue weighted by Gasteiger charge is -2.21. The minimum absolute atomic E-state index is 0.165.